The number of nitrogens with one attached hydrogen (secondary N) is 1. The molecule has 0 aliphatic carbocycles. The minimum Gasteiger partial charge on any atom is -0.267 e. The van der Waals surface area contributed by atoms with Crippen molar-refractivity contribution >= 4 is 17.6 Å². The zero-order chi connectivity index (χ0) is 14.0. The summed E-state index contributed by atoms with van der Waals surface area (Å²) in [5.41, 5.74) is 4.94. The first-order valence-electron chi connectivity index (χ1n) is 5.94. The van der Waals surface area contributed by atoms with Crippen LogP contribution in [-0.4, -0.2) is 41.3 Å². The molecule has 1 heterocycles. The Hall–Kier alpha value is -2.37. The van der Waals surface area contributed by atoms with Crippen LogP contribution in [0.3, 0.4) is 0 Å². The van der Waals surface area contributed by atoms with Crippen molar-refractivity contribution in [2.45, 2.75) is 13.8 Å². The molecule has 3 amide bonds. The predicted octanol–water partition coefficient (Wildman–Crippen LogP) is 1.38. The van der Waals surface area contributed by atoms with Gasteiger partial charge in [0.1, 0.15) is 0 Å². The molecular formula is C13H16N4O2. The lowest BCUT2D eigenvalue weighted by Gasteiger charge is -2.30. The molecule has 2 rings (SSSR count). The molecular weight excluding hydrogens is 244 g/mol. The number of hydrogen-bond acceptors (Lipinski definition) is 3. The van der Waals surface area contributed by atoms with Crippen LogP contribution in [0.15, 0.2) is 29.4 Å². The molecule has 0 atom stereocenters. The number of carbonyl (C=O) groups is 2. The van der Waals surface area contributed by atoms with Gasteiger partial charge in [-0.25, -0.2) is 14.8 Å². The van der Waals surface area contributed by atoms with Gasteiger partial charge in [0.15, 0.2) is 0 Å². The van der Waals surface area contributed by atoms with Gasteiger partial charge in [-0.3, -0.25) is 10.2 Å². The quantitative estimate of drug-likeness (QED) is 0.873. The largest absolute Gasteiger partial charge is 0.359 e. The summed E-state index contributed by atoms with van der Waals surface area (Å²) in [4.78, 5) is 23.8. The normalized spacial score (nSPS) is 15.3. The van der Waals surface area contributed by atoms with Crippen molar-refractivity contribution in [3.05, 3.63) is 35.4 Å². The third-order valence-electron chi connectivity index (χ3n) is 2.77. The van der Waals surface area contributed by atoms with Gasteiger partial charge in [0.05, 0.1) is 12.3 Å². The summed E-state index contributed by atoms with van der Waals surface area (Å²) in [6, 6.07) is 6.80. The van der Waals surface area contributed by atoms with E-state index in [0.29, 0.717) is 12.1 Å². The Balaban J connectivity index is 2.09. The van der Waals surface area contributed by atoms with Gasteiger partial charge in [0, 0.05) is 12.6 Å². The zero-order valence-corrected chi connectivity index (χ0v) is 11.2. The SMILES string of the molecule is CC1=NN(C)C(=O)N(NC(=O)c2ccc(C)cc2)C1. The smallest absolute Gasteiger partial charge is 0.267 e. The number of aryl methyl sites for hydroxylation is 1. The lowest BCUT2D eigenvalue weighted by molar-refractivity contribution is 0.0803. The van der Waals surface area contributed by atoms with Crippen molar-refractivity contribution in [2.75, 3.05) is 13.6 Å². The lowest BCUT2D eigenvalue weighted by Crippen LogP contribution is -2.54. The average molecular weight is 260 g/mol. The molecule has 1 aliphatic heterocycles. The Kier molecular flexibility index (Phi) is 3.50. The Bertz CT molecular complexity index is 536. The van der Waals surface area contributed by atoms with Crippen LogP contribution in [0.1, 0.15) is 22.8 Å². The van der Waals surface area contributed by atoms with Crippen molar-refractivity contribution in [3.63, 3.8) is 0 Å². The summed E-state index contributed by atoms with van der Waals surface area (Å²) in [6.07, 6.45) is 0. The monoisotopic (exact) mass is 260 g/mol. The molecule has 0 spiro atoms. The fourth-order valence-electron chi connectivity index (χ4n) is 1.78. The van der Waals surface area contributed by atoms with Crippen LogP contribution in [0.4, 0.5) is 4.79 Å². The lowest BCUT2D eigenvalue weighted by atomic mass is 10.1. The van der Waals surface area contributed by atoms with Gasteiger partial charge in [-0.2, -0.15) is 5.10 Å². The van der Waals surface area contributed by atoms with Crippen LogP contribution < -0.4 is 5.43 Å². The molecule has 0 unspecified atom stereocenters. The number of rotatable bonds is 2. The van der Waals surface area contributed by atoms with Crippen LogP contribution in [0, 0.1) is 6.92 Å². The number of hydrazone groups is 1. The molecule has 1 N–H and O–H groups in total. The summed E-state index contributed by atoms with van der Waals surface area (Å²) >= 11 is 0. The molecule has 6 nitrogen and oxygen atoms in total. The average Bonchev–Trinajstić information content (AvgIpc) is 2.36. The van der Waals surface area contributed by atoms with Gasteiger partial charge in [-0.1, -0.05) is 17.7 Å². The highest BCUT2D eigenvalue weighted by Crippen LogP contribution is 2.06. The van der Waals surface area contributed by atoms with Gasteiger partial charge in [-0.05, 0) is 26.0 Å². The minimum absolute atomic E-state index is 0.292. The summed E-state index contributed by atoms with van der Waals surface area (Å²) < 4.78 is 0. The van der Waals surface area contributed by atoms with Gasteiger partial charge in [0.2, 0.25) is 0 Å². The van der Waals surface area contributed by atoms with Crippen molar-refractivity contribution in [3.8, 4) is 0 Å². The Labute approximate surface area is 111 Å². The molecule has 1 aromatic rings. The van der Waals surface area contributed by atoms with E-state index in [0.717, 1.165) is 11.3 Å². The van der Waals surface area contributed by atoms with E-state index in [2.05, 4.69) is 10.5 Å². The molecule has 1 aliphatic rings. The number of benzene rings is 1. The highest BCUT2D eigenvalue weighted by Gasteiger charge is 2.25. The minimum atomic E-state index is -0.355. The molecule has 19 heavy (non-hydrogen) atoms. The molecule has 0 saturated carbocycles. The first-order chi connectivity index (χ1) is 8.97. The van der Waals surface area contributed by atoms with Crippen LogP contribution in [-0.2, 0) is 0 Å². The highest BCUT2D eigenvalue weighted by molar-refractivity contribution is 5.97. The van der Waals surface area contributed by atoms with Gasteiger partial charge in [-0.15, -0.1) is 0 Å². The number of hydrogen-bond donors (Lipinski definition) is 1. The van der Waals surface area contributed by atoms with Gasteiger partial charge in [0.25, 0.3) is 5.91 Å². The van der Waals surface area contributed by atoms with E-state index < -0.39 is 0 Å². The Morgan fingerprint density at radius 3 is 2.53 bits per heavy atom. The van der Waals surface area contributed by atoms with Gasteiger partial charge < -0.3 is 0 Å². The van der Waals surface area contributed by atoms with E-state index in [1.807, 2.05) is 19.1 Å². The topological polar surface area (TPSA) is 65.0 Å². The van der Waals surface area contributed by atoms with Crippen molar-refractivity contribution in [1.82, 2.24) is 15.4 Å². The number of nitrogens with zero attached hydrogens (tertiary/aromatic N) is 3. The summed E-state index contributed by atoms with van der Waals surface area (Å²) in [7, 11) is 1.55. The van der Waals surface area contributed by atoms with E-state index in [1.54, 1.807) is 26.1 Å². The standard InChI is InChI=1S/C13H16N4O2/c1-9-4-6-11(7-5-9)12(18)15-17-8-10(2)14-16(3)13(17)19/h4-7H,8H2,1-3H3,(H,15,18). The van der Waals surface area contributed by atoms with Crippen molar-refractivity contribution < 1.29 is 9.59 Å². The summed E-state index contributed by atoms with van der Waals surface area (Å²) in [5.74, 6) is -0.309. The fourth-order valence-corrected chi connectivity index (χ4v) is 1.78. The first-order valence-corrected chi connectivity index (χ1v) is 5.94. The number of carbonyl (C=O) groups excluding carboxylic acids is 2. The molecule has 0 saturated heterocycles. The summed E-state index contributed by atoms with van der Waals surface area (Å²) in [5, 5.41) is 6.47. The van der Waals surface area contributed by atoms with Gasteiger partial charge >= 0.3 is 6.03 Å². The second kappa shape index (κ2) is 5.09. The van der Waals surface area contributed by atoms with E-state index in [1.165, 1.54) is 10.0 Å². The molecule has 1 aromatic carbocycles. The maximum atomic E-state index is 12.0. The van der Waals surface area contributed by atoms with E-state index in [-0.39, 0.29) is 11.9 Å². The first kappa shape index (κ1) is 13.1. The number of hydrazine groups is 1. The van der Waals surface area contributed by atoms with E-state index in [4.69, 9.17) is 0 Å². The maximum absolute atomic E-state index is 12.0. The Morgan fingerprint density at radius 1 is 1.26 bits per heavy atom. The second-order valence-electron chi connectivity index (χ2n) is 4.53. The summed E-state index contributed by atoms with van der Waals surface area (Å²) in [6.45, 7) is 4.04. The number of amides is 3. The molecule has 100 valence electrons. The van der Waals surface area contributed by atoms with Crippen LogP contribution in [0.5, 0.6) is 0 Å². The highest BCUT2D eigenvalue weighted by atomic mass is 16.2. The zero-order valence-electron chi connectivity index (χ0n) is 11.2. The maximum Gasteiger partial charge on any atom is 0.359 e. The number of urea groups is 1. The van der Waals surface area contributed by atoms with E-state index in [9.17, 15) is 9.59 Å². The fraction of sp³-hybridized carbons (Fsp3) is 0.308. The Morgan fingerprint density at radius 2 is 1.89 bits per heavy atom. The van der Waals surface area contributed by atoms with Crippen LogP contribution in [0.2, 0.25) is 0 Å². The van der Waals surface area contributed by atoms with Crippen LogP contribution >= 0.6 is 0 Å². The predicted molar refractivity (Wildman–Crippen MR) is 71.6 cm³/mol. The second-order valence-corrected chi connectivity index (χ2v) is 4.53. The molecule has 0 bridgehead atoms. The molecule has 0 radical (unpaired) electrons. The van der Waals surface area contributed by atoms with Crippen molar-refractivity contribution in [2.24, 2.45) is 5.10 Å². The third kappa shape index (κ3) is 2.90. The van der Waals surface area contributed by atoms with Crippen molar-refractivity contribution in [1.29, 1.82) is 0 Å². The van der Waals surface area contributed by atoms with E-state index >= 15 is 0 Å². The molecule has 0 aromatic heterocycles. The molecule has 0 fully saturated rings. The van der Waals surface area contributed by atoms with Crippen LogP contribution in [0.25, 0.3) is 0 Å². The molecule has 6 heteroatoms. The third-order valence-corrected chi connectivity index (χ3v) is 2.77.